The van der Waals surface area contributed by atoms with Crippen molar-refractivity contribution < 1.29 is 5.11 Å². The number of nitrogens with two attached hydrogens (primary N) is 1. The number of aliphatic hydroxyl groups is 1. The van der Waals surface area contributed by atoms with E-state index >= 15 is 0 Å². The van der Waals surface area contributed by atoms with Gasteiger partial charge in [0.2, 0.25) is 5.95 Å². The molecule has 1 unspecified atom stereocenters. The quantitative estimate of drug-likeness (QED) is 0.530. The Morgan fingerprint density at radius 1 is 1.19 bits per heavy atom. The first-order valence-corrected chi connectivity index (χ1v) is 8.62. The summed E-state index contributed by atoms with van der Waals surface area (Å²) >= 11 is 1.37. The molecule has 128 valence electrons. The highest BCUT2D eigenvalue weighted by Gasteiger charge is 2.22. The summed E-state index contributed by atoms with van der Waals surface area (Å²) < 4.78 is 1.83. The number of hydrogen-bond acceptors (Lipinski definition) is 7. The summed E-state index contributed by atoms with van der Waals surface area (Å²) in [6.45, 7) is 1.63. The van der Waals surface area contributed by atoms with Crippen molar-refractivity contribution >= 4 is 28.3 Å². The van der Waals surface area contributed by atoms with Crippen molar-refractivity contribution in [2.75, 3.05) is 5.73 Å². The molecule has 0 radical (unpaired) electrons. The predicted octanol–water partition coefficient (Wildman–Crippen LogP) is 2.11. The van der Waals surface area contributed by atoms with Crippen molar-refractivity contribution in [3.05, 3.63) is 58.9 Å². The molecule has 3 heterocycles. The Hall–Kier alpha value is -3.28. The summed E-state index contributed by atoms with van der Waals surface area (Å²) in [4.78, 5) is 16.6. The summed E-state index contributed by atoms with van der Waals surface area (Å²) in [6.07, 6.45) is 4.92. The minimum Gasteiger partial charge on any atom is -0.371 e. The van der Waals surface area contributed by atoms with E-state index in [2.05, 4.69) is 31.8 Å². The molecule has 0 saturated carbocycles. The van der Waals surface area contributed by atoms with E-state index in [0.717, 1.165) is 16.6 Å². The maximum absolute atomic E-state index is 10.5. The molecule has 1 atom stereocenters. The Bertz CT molecular complexity index is 1140. The van der Waals surface area contributed by atoms with Crippen LogP contribution >= 0.6 is 11.3 Å². The number of benzene rings is 1. The minimum absolute atomic E-state index is 0.205. The molecule has 3 N–H and O–H groups in total. The molecule has 0 saturated heterocycles. The zero-order chi connectivity index (χ0) is 18.1. The Morgan fingerprint density at radius 2 is 2.08 bits per heavy atom. The number of rotatable bonds is 2. The number of thiazole rings is 1. The van der Waals surface area contributed by atoms with Crippen molar-refractivity contribution in [2.24, 2.45) is 0 Å². The van der Waals surface area contributed by atoms with Crippen LogP contribution in [-0.4, -0.2) is 29.6 Å². The Kier molecular flexibility index (Phi) is 3.88. The molecule has 0 aliphatic carbocycles. The molecule has 26 heavy (non-hydrogen) atoms. The van der Waals surface area contributed by atoms with E-state index in [1.165, 1.54) is 11.3 Å². The molecule has 0 bridgehead atoms. The highest BCUT2D eigenvalue weighted by atomic mass is 32.1. The fourth-order valence-corrected chi connectivity index (χ4v) is 3.14. The lowest BCUT2D eigenvalue weighted by atomic mass is 10.1. The van der Waals surface area contributed by atoms with E-state index in [0.29, 0.717) is 10.8 Å². The van der Waals surface area contributed by atoms with E-state index < -0.39 is 5.60 Å². The van der Waals surface area contributed by atoms with Gasteiger partial charge in [-0.2, -0.15) is 4.98 Å². The zero-order valence-corrected chi connectivity index (χ0v) is 14.6. The smallest absolute Gasteiger partial charge is 0.221 e. The van der Waals surface area contributed by atoms with E-state index in [9.17, 15) is 5.11 Å². The molecule has 1 aromatic carbocycles. The molecule has 4 rings (SSSR count). The Balaban J connectivity index is 1.69. The predicted molar refractivity (Wildman–Crippen MR) is 99.6 cm³/mol. The van der Waals surface area contributed by atoms with Gasteiger partial charge in [-0.15, -0.1) is 11.3 Å². The van der Waals surface area contributed by atoms with Gasteiger partial charge in [0.05, 0.1) is 11.0 Å². The van der Waals surface area contributed by atoms with E-state index in [1.807, 2.05) is 28.1 Å². The van der Waals surface area contributed by atoms with Crippen LogP contribution in [0.2, 0.25) is 0 Å². The molecular formula is C18H14N6OS. The summed E-state index contributed by atoms with van der Waals surface area (Å²) in [7, 11) is 0. The van der Waals surface area contributed by atoms with Gasteiger partial charge >= 0.3 is 0 Å². The third kappa shape index (κ3) is 3.01. The average Bonchev–Trinajstić information content (AvgIpc) is 3.30. The Labute approximate surface area is 153 Å². The molecule has 7 nitrogen and oxygen atoms in total. The lowest BCUT2D eigenvalue weighted by molar-refractivity contribution is 0.122. The highest BCUT2D eigenvalue weighted by Crippen LogP contribution is 2.22. The van der Waals surface area contributed by atoms with E-state index in [1.54, 1.807) is 31.7 Å². The number of hydrogen-bond donors (Lipinski definition) is 2. The standard InChI is InChI=1S/C18H14N6OS/c1-18(25,16-20-8-9-26-16)6-4-12-2-3-14-13(10-12)22-11-24(14)15-5-7-21-17(19)23-15/h2-3,5,7-11,25H,1H3,(H2,19,21,23). The van der Waals surface area contributed by atoms with Gasteiger partial charge in [-0.3, -0.25) is 4.57 Å². The molecular weight excluding hydrogens is 348 g/mol. The van der Waals surface area contributed by atoms with Crippen LogP contribution in [0.3, 0.4) is 0 Å². The SMILES string of the molecule is CC(O)(C#Cc1ccc2c(c1)ncn2-c1ccnc(N)n1)c1nccs1. The van der Waals surface area contributed by atoms with Crippen LogP contribution in [0.25, 0.3) is 16.9 Å². The fraction of sp³-hybridized carbons (Fsp3) is 0.111. The number of anilines is 1. The first-order chi connectivity index (χ1) is 12.5. The van der Waals surface area contributed by atoms with E-state index in [-0.39, 0.29) is 5.95 Å². The summed E-state index contributed by atoms with van der Waals surface area (Å²) in [6, 6.07) is 7.40. The summed E-state index contributed by atoms with van der Waals surface area (Å²) in [5.41, 5.74) is 6.75. The van der Waals surface area contributed by atoms with Crippen LogP contribution in [0.4, 0.5) is 5.95 Å². The number of aromatic nitrogens is 5. The summed E-state index contributed by atoms with van der Waals surface area (Å²) in [5, 5.41) is 12.8. The lowest BCUT2D eigenvalue weighted by Crippen LogP contribution is -2.17. The molecule has 3 aromatic heterocycles. The van der Waals surface area contributed by atoms with Crippen molar-refractivity contribution in [2.45, 2.75) is 12.5 Å². The second-order valence-corrected chi connectivity index (χ2v) is 6.65. The molecule has 8 heteroatoms. The van der Waals surface area contributed by atoms with Crippen LogP contribution in [0.5, 0.6) is 0 Å². The van der Waals surface area contributed by atoms with Crippen LogP contribution < -0.4 is 5.73 Å². The molecule has 4 aromatic rings. The van der Waals surface area contributed by atoms with Gasteiger partial charge in [-0.1, -0.05) is 11.8 Å². The molecule has 0 spiro atoms. The molecule has 0 aliphatic heterocycles. The molecule has 0 aliphatic rings. The highest BCUT2D eigenvalue weighted by molar-refractivity contribution is 7.09. The average molecular weight is 362 g/mol. The minimum atomic E-state index is -1.29. The van der Waals surface area contributed by atoms with Crippen molar-refractivity contribution in [1.82, 2.24) is 24.5 Å². The first kappa shape index (κ1) is 16.2. The number of fused-ring (bicyclic) bond motifs is 1. The van der Waals surface area contributed by atoms with Gasteiger partial charge in [0.15, 0.2) is 5.60 Å². The van der Waals surface area contributed by atoms with Crippen molar-refractivity contribution in [3.8, 4) is 17.7 Å². The number of imidazole rings is 1. The monoisotopic (exact) mass is 362 g/mol. The van der Waals surface area contributed by atoms with Crippen LogP contribution in [0.15, 0.2) is 48.4 Å². The maximum atomic E-state index is 10.5. The lowest BCUT2D eigenvalue weighted by Gasteiger charge is -2.11. The summed E-state index contributed by atoms with van der Waals surface area (Å²) in [5.74, 6) is 6.71. The topological polar surface area (TPSA) is 103 Å². The molecule has 0 fully saturated rings. The second kappa shape index (κ2) is 6.22. The third-order valence-electron chi connectivity index (χ3n) is 3.75. The van der Waals surface area contributed by atoms with Crippen LogP contribution in [0, 0.1) is 11.8 Å². The maximum Gasteiger partial charge on any atom is 0.221 e. The number of nitrogen functional groups attached to an aromatic ring is 1. The Morgan fingerprint density at radius 3 is 2.85 bits per heavy atom. The van der Waals surface area contributed by atoms with Gasteiger partial charge in [0.1, 0.15) is 17.2 Å². The van der Waals surface area contributed by atoms with Gasteiger partial charge in [0, 0.05) is 23.3 Å². The van der Waals surface area contributed by atoms with Gasteiger partial charge in [-0.05, 0) is 31.2 Å². The van der Waals surface area contributed by atoms with Crippen LogP contribution in [0.1, 0.15) is 17.5 Å². The normalized spacial score (nSPS) is 13.2. The van der Waals surface area contributed by atoms with Crippen LogP contribution in [-0.2, 0) is 5.60 Å². The largest absolute Gasteiger partial charge is 0.371 e. The van der Waals surface area contributed by atoms with Gasteiger partial charge in [-0.25, -0.2) is 15.0 Å². The molecule has 0 amide bonds. The second-order valence-electron chi connectivity index (χ2n) is 5.75. The fourth-order valence-electron chi connectivity index (χ4n) is 2.48. The third-order valence-corrected chi connectivity index (χ3v) is 4.74. The zero-order valence-electron chi connectivity index (χ0n) is 13.8. The van der Waals surface area contributed by atoms with Gasteiger partial charge in [0.25, 0.3) is 0 Å². The van der Waals surface area contributed by atoms with Gasteiger partial charge < -0.3 is 10.8 Å². The van der Waals surface area contributed by atoms with Crippen molar-refractivity contribution in [3.63, 3.8) is 0 Å². The number of nitrogens with zero attached hydrogens (tertiary/aromatic N) is 5. The van der Waals surface area contributed by atoms with E-state index in [4.69, 9.17) is 5.73 Å². The first-order valence-electron chi connectivity index (χ1n) is 7.74. The van der Waals surface area contributed by atoms with Crippen molar-refractivity contribution in [1.29, 1.82) is 0 Å².